The van der Waals surface area contributed by atoms with Crippen molar-refractivity contribution in [2.24, 2.45) is 0 Å². The molecule has 3 rings (SSSR count). The first kappa shape index (κ1) is 12.3. The van der Waals surface area contributed by atoms with Gasteiger partial charge in [0.05, 0.1) is 11.0 Å². The molecule has 3 aromatic rings. The molecule has 0 atom stereocenters. The summed E-state index contributed by atoms with van der Waals surface area (Å²) >= 11 is 4.34. The summed E-state index contributed by atoms with van der Waals surface area (Å²) in [5.41, 5.74) is 4.72. The number of aromatic nitrogens is 2. The lowest BCUT2D eigenvalue weighted by molar-refractivity contribution is 0.889. The van der Waals surface area contributed by atoms with Crippen LogP contribution in [-0.2, 0) is 12.8 Å². The van der Waals surface area contributed by atoms with Crippen LogP contribution in [0.5, 0.6) is 0 Å². The van der Waals surface area contributed by atoms with Gasteiger partial charge in [-0.15, -0.1) is 12.6 Å². The van der Waals surface area contributed by atoms with Crippen LogP contribution in [0, 0.1) is 6.92 Å². The van der Waals surface area contributed by atoms with Gasteiger partial charge in [0.2, 0.25) is 0 Å². The maximum atomic E-state index is 4.60. The molecule has 0 fully saturated rings. The van der Waals surface area contributed by atoms with Crippen LogP contribution >= 0.6 is 12.6 Å². The minimum atomic E-state index is 0.930. The molecule has 0 aliphatic carbocycles. The molecule has 0 spiro atoms. The minimum absolute atomic E-state index is 0.930. The van der Waals surface area contributed by atoms with E-state index in [2.05, 4.69) is 53.8 Å². The molecule has 19 heavy (non-hydrogen) atoms. The highest BCUT2D eigenvalue weighted by Crippen LogP contribution is 2.17. The fourth-order valence-electron chi connectivity index (χ4n) is 2.19. The number of fused-ring (bicyclic) bond motifs is 1. The summed E-state index contributed by atoms with van der Waals surface area (Å²) in [6, 6.07) is 14.7. The Morgan fingerprint density at radius 3 is 2.63 bits per heavy atom. The molecule has 0 bridgehead atoms. The molecule has 2 nitrogen and oxygen atoms in total. The summed E-state index contributed by atoms with van der Waals surface area (Å²) in [6.45, 7) is 2.11. The van der Waals surface area contributed by atoms with Gasteiger partial charge in [-0.05, 0) is 37.1 Å². The second kappa shape index (κ2) is 5.10. The van der Waals surface area contributed by atoms with Crippen LogP contribution in [0.15, 0.2) is 47.4 Å². The Labute approximate surface area is 118 Å². The summed E-state index contributed by atoms with van der Waals surface area (Å²) in [7, 11) is 0. The lowest BCUT2D eigenvalue weighted by Gasteiger charge is -1.99. The summed E-state index contributed by atoms with van der Waals surface area (Å²) < 4.78 is 0. The van der Waals surface area contributed by atoms with E-state index in [9.17, 15) is 0 Å². The molecular formula is C16H16N2S. The van der Waals surface area contributed by atoms with Gasteiger partial charge in [-0.1, -0.05) is 29.8 Å². The van der Waals surface area contributed by atoms with E-state index >= 15 is 0 Å². The molecule has 0 unspecified atom stereocenters. The molecule has 1 heterocycles. The molecule has 1 N–H and O–H groups in total. The van der Waals surface area contributed by atoms with Crippen molar-refractivity contribution < 1.29 is 0 Å². The largest absolute Gasteiger partial charge is 0.342 e. The third kappa shape index (κ3) is 2.82. The Morgan fingerprint density at radius 1 is 1.05 bits per heavy atom. The number of aryl methyl sites for hydroxylation is 3. The zero-order valence-corrected chi connectivity index (χ0v) is 11.7. The van der Waals surface area contributed by atoms with E-state index in [1.165, 1.54) is 11.1 Å². The number of imidazole rings is 1. The van der Waals surface area contributed by atoms with Crippen LogP contribution in [-0.4, -0.2) is 9.97 Å². The molecule has 0 saturated carbocycles. The highest BCUT2D eigenvalue weighted by atomic mass is 32.1. The number of hydrogen-bond acceptors (Lipinski definition) is 2. The molecule has 0 aliphatic rings. The van der Waals surface area contributed by atoms with Gasteiger partial charge in [0, 0.05) is 11.3 Å². The Kier molecular flexibility index (Phi) is 3.30. The summed E-state index contributed by atoms with van der Waals surface area (Å²) in [4.78, 5) is 8.91. The average Bonchev–Trinajstić information content (AvgIpc) is 2.80. The quantitative estimate of drug-likeness (QED) is 0.692. The van der Waals surface area contributed by atoms with Gasteiger partial charge in [0.15, 0.2) is 0 Å². The maximum absolute atomic E-state index is 4.60. The van der Waals surface area contributed by atoms with Crippen molar-refractivity contribution >= 4 is 23.7 Å². The van der Waals surface area contributed by atoms with Crippen molar-refractivity contribution in [2.45, 2.75) is 24.7 Å². The summed E-state index contributed by atoms with van der Waals surface area (Å²) in [5.74, 6) is 1.04. The van der Waals surface area contributed by atoms with Crippen molar-refractivity contribution in [2.75, 3.05) is 0 Å². The number of thiol groups is 1. The first-order chi connectivity index (χ1) is 9.20. The molecule has 96 valence electrons. The molecule has 0 saturated heterocycles. The second-order valence-electron chi connectivity index (χ2n) is 4.87. The van der Waals surface area contributed by atoms with Crippen molar-refractivity contribution in [1.82, 2.24) is 9.97 Å². The van der Waals surface area contributed by atoms with Gasteiger partial charge in [0.25, 0.3) is 0 Å². The molecule has 2 aromatic carbocycles. The van der Waals surface area contributed by atoms with Crippen molar-refractivity contribution in [3.8, 4) is 0 Å². The number of benzene rings is 2. The Balaban J connectivity index is 1.76. The first-order valence-corrected chi connectivity index (χ1v) is 6.88. The Morgan fingerprint density at radius 2 is 1.84 bits per heavy atom. The summed E-state index contributed by atoms with van der Waals surface area (Å²) in [6.07, 6.45) is 1.94. The van der Waals surface area contributed by atoms with E-state index in [-0.39, 0.29) is 0 Å². The monoisotopic (exact) mass is 268 g/mol. The van der Waals surface area contributed by atoms with E-state index in [1.54, 1.807) is 0 Å². The highest BCUT2D eigenvalue weighted by molar-refractivity contribution is 7.80. The topological polar surface area (TPSA) is 28.7 Å². The van der Waals surface area contributed by atoms with Gasteiger partial charge < -0.3 is 4.98 Å². The van der Waals surface area contributed by atoms with Crippen LogP contribution in [0.4, 0.5) is 0 Å². The smallest absolute Gasteiger partial charge is 0.107 e. The Bertz CT molecular complexity index is 698. The first-order valence-electron chi connectivity index (χ1n) is 6.44. The minimum Gasteiger partial charge on any atom is -0.342 e. The number of aromatic amines is 1. The van der Waals surface area contributed by atoms with Crippen LogP contribution in [0.1, 0.15) is 17.0 Å². The van der Waals surface area contributed by atoms with E-state index < -0.39 is 0 Å². The van der Waals surface area contributed by atoms with E-state index in [1.807, 2.05) is 18.2 Å². The summed E-state index contributed by atoms with van der Waals surface area (Å²) in [5, 5.41) is 0. The predicted octanol–water partition coefficient (Wildman–Crippen LogP) is 3.95. The third-order valence-electron chi connectivity index (χ3n) is 3.29. The second-order valence-corrected chi connectivity index (χ2v) is 5.39. The zero-order chi connectivity index (χ0) is 13.2. The van der Waals surface area contributed by atoms with Gasteiger partial charge in [-0.2, -0.15) is 0 Å². The van der Waals surface area contributed by atoms with Gasteiger partial charge in [-0.3, -0.25) is 0 Å². The van der Waals surface area contributed by atoms with Crippen molar-refractivity contribution in [3.05, 3.63) is 59.4 Å². The SMILES string of the molecule is Cc1ccc(CCc2nc3ccc(S)cc3[nH]2)cc1. The fraction of sp³-hybridized carbons (Fsp3) is 0.188. The fourth-order valence-corrected chi connectivity index (χ4v) is 2.39. The van der Waals surface area contributed by atoms with Crippen molar-refractivity contribution in [1.29, 1.82) is 0 Å². The highest BCUT2D eigenvalue weighted by Gasteiger charge is 2.03. The van der Waals surface area contributed by atoms with E-state index in [0.717, 1.165) is 34.6 Å². The molecule has 0 radical (unpaired) electrons. The molecular weight excluding hydrogens is 252 g/mol. The molecule has 0 aliphatic heterocycles. The predicted molar refractivity (Wildman–Crippen MR) is 81.9 cm³/mol. The van der Waals surface area contributed by atoms with Crippen LogP contribution in [0.3, 0.4) is 0 Å². The van der Waals surface area contributed by atoms with Gasteiger partial charge in [0.1, 0.15) is 5.82 Å². The average molecular weight is 268 g/mol. The van der Waals surface area contributed by atoms with Crippen LogP contribution < -0.4 is 0 Å². The number of nitrogens with one attached hydrogen (secondary N) is 1. The standard InChI is InChI=1S/C16H16N2S/c1-11-2-4-12(5-3-11)6-9-16-17-14-8-7-13(19)10-15(14)18-16/h2-5,7-8,10,19H,6,9H2,1H3,(H,17,18). The normalized spacial score (nSPS) is 11.1. The van der Waals surface area contributed by atoms with E-state index in [4.69, 9.17) is 0 Å². The molecule has 1 aromatic heterocycles. The Hall–Kier alpha value is -1.74. The van der Waals surface area contributed by atoms with E-state index in [0.29, 0.717) is 0 Å². The number of rotatable bonds is 3. The van der Waals surface area contributed by atoms with Gasteiger partial charge in [-0.25, -0.2) is 4.98 Å². The molecule has 3 heteroatoms. The van der Waals surface area contributed by atoms with Gasteiger partial charge >= 0.3 is 0 Å². The zero-order valence-electron chi connectivity index (χ0n) is 10.9. The molecule has 0 amide bonds. The number of nitrogens with zero attached hydrogens (tertiary/aromatic N) is 1. The lowest BCUT2D eigenvalue weighted by Crippen LogP contribution is -1.93. The third-order valence-corrected chi connectivity index (χ3v) is 3.56. The maximum Gasteiger partial charge on any atom is 0.107 e. The number of H-pyrrole nitrogens is 1. The van der Waals surface area contributed by atoms with Crippen LogP contribution in [0.25, 0.3) is 11.0 Å². The van der Waals surface area contributed by atoms with Crippen molar-refractivity contribution in [3.63, 3.8) is 0 Å². The van der Waals surface area contributed by atoms with Crippen LogP contribution in [0.2, 0.25) is 0 Å². The number of hydrogen-bond donors (Lipinski definition) is 2. The lowest BCUT2D eigenvalue weighted by atomic mass is 10.1.